The van der Waals surface area contributed by atoms with E-state index in [1.54, 1.807) is 10.9 Å². The molecule has 6 atom stereocenters. The third kappa shape index (κ3) is 2.69. The zero-order valence-electron chi connectivity index (χ0n) is 32.6. The molecular weight excluding hydrogens is 678 g/mol. The molecule has 2 aromatic heterocycles. The minimum Gasteiger partial charge on any atom is -0.335 e. The molecule has 0 spiro atoms. The number of aromatic nitrogens is 2. The Bertz CT molecular complexity index is 3100. The Labute approximate surface area is 326 Å². The second kappa shape index (κ2) is 8.35. The van der Waals surface area contributed by atoms with Gasteiger partial charge in [0.15, 0.2) is 0 Å². The third-order valence-electron chi connectivity index (χ3n) is 16.7. The number of rotatable bonds is 0. The summed E-state index contributed by atoms with van der Waals surface area (Å²) < 4.78 is 5.92. The van der Waals surface area contributed by atoms with Crippen LogP contribution in [0.15, 0.2) is 97.1 Å². The Balaban J connectivity index is 1.16. The average molecular weight is 719 g/mol. The molecule has 8 aromatic rings. The van der Waals surface area contributed by atoms with Crippen molar-refractivity contribution < 1.29 is 0 Å². The van der Waals surface area contributed by atoms with Crippen molar-refractivity contribution in [2.24, 2.45) is 0 Å². The van der Waals surface area contributed by atoms with Gasteiger partial charge >= 0.3 is 0 Å². The Kier molecular flexibility index (Phi) is 4.32. The molecule has 0 saturated heterocycles. The van der Waals surface area contributed by atoms with Gasteiger partial charge in [0.1, 0.15) is 0 Å². The van der Waals surface area contributed by atoms with Crippen LogP contribution in [0.5, 0.6) is 0 Å². The average Bonchev–Trinajstić information content (AvgIpc) is 3.83. The zero-order chi connectivity index (χ0) is 36.8. The first-order chi connectivity index (χ1) is 27.1. The van der Waals surface area contributed by atoms with Gasteiger partial charge in [-0.1, -0.05) is 125 Å². The van der Waals surface area contributed by atoms with E-state index in [9.17, 15) is 0 Å². The summed E-state index contributed by atoms with van der Waals surface area (Å²) in [6.07, 6.45) is 0. The minimum atomic E-state index is 0.0472. The molecule has 5 unspecified atom stereocenters. The van der Waals surface area contributed by atoms with E-state index in [1.807, 2.05) is 0 Å². The Morgan fingerprint density at radius 3 is 1.34 bits per heavy atom. The quantitative estimate of drug-likeness (QED) is 0.146. The topological polar surface area (TPSA) is 16.3 Å². The van der Waals surface area contributed by atoms with Gasteiger partial charge in [0.05, 0.1) is 46.6 Å². The number of anilines is 4. The van der Waals surface area contributed by atoms with Crippen LogP contribution in [0, 0.1) is 0 Å². The van der Waals surface area contributed by atoms with Crippen molar-refractivity contribution in [3.8, 4) is 11.1 Å². The lowest BCUT2D eigenvalue weighted by atomic mass is 9.21. The van der Waals surface area contributed by atoms with Crippen molar-refractivity contribution >= 4 is 102 Å². The predicted octanol–water partition coefficient (Wildman–Crippen LogP) is 8.93. The van der Waals surface area contributed by atoms with Crippen LogP contribution < -0.4 is 31.7 Å². The van der Waals surface area contributed by atoms with Crippen molar-refractivity contribution in [2.75, 3.05) is 9.80 Å². The van der Waals surface area contributed by atoms with E-state index in [1.165, 1.54) is 99.5 Å². The lowest BCUT2D eigenvalue weighted by molar-refractivity contribution is 0.203. The highest BCUT2D eigenvalue weighted by molar-refractivity contribution is 6.95. The molecule has 1 saturated carbocycles. The molecular formula is C50H40B2N4. The van der Waals surface area contributed by atoms with Gasteiger partial charge in [0.25, 0.3) is 0 Å². The fourth-order valence-corrected chi connectivity index (χ4v) is 14.9. The number of hydrogen-bond acceptors (Lipinski definition) is 2. The molecule has 8 aliphatic rings. The van der Waals surface area contributed by atoms with Crippen molar-refractivity contribution in [3.05, 3.63) is 108 Å². The number of benzene rings is 6. The fourth-order valence-electron chi connectivity index (χ4n) is 14.9. The summed E-state index contributed by atoms with van der Waals surface area (Å²) in [4.78, 5) is 5.84. The van der Waals surface area contributed by atoms with E-state index in [-0.39, 0.29) is 17.5 Å². The highest BCUT2D eigenvalue weighted by Crippen LogP contribution is 2.69. The molecule has 1 fully saturated rings. The lowest BCUT2D eigenvalue weighted by Gasteiger charge is -2.68. The van der Waals surface area contributed by atoms with Crippen LogP contribution in [0.25, 0.3) is 54.7 Å². The fraction of sp³-hybridized carbons (Fsp3) is 0.280. The van der Waals surface area contributed by atoms with Gasteiger partial charge in [0.2, 0.25) is 13.4 Å². The standard InChI is InChI=1S/C50H40B2N4/c1-49(2,3)23-13-19-33-31(21-23)51-32-22-24(50(4,5)6)14-20-34(32)54-36-12-8-10-28-30-18-16-26-25-15-17-29-27-9-7-11-35-41(27)55-43(29)37(25)52-38(26)44(30)56(42(28)36)48-40(52)47(55)45(53(33)35)39(51)46(48)54/h7-22,39-40,45-48H,1-6H3/t39?,40?,45?,46?,47-,48?/m0/s1. The van der Waals surface area contributed by atoms with Gasteiger partial charge in [0, 0.05) is 44.0 Å². The van der Waals surface area contributed by atoms with Crippen LogP contribution in [0.2, 0.25) is 11.6 Å². The summed E-state index contributed by atoms with van der Waals surface area (Å²) in [5, 5.41) is 5.76. The summed E-state index contributed by atoms with van der Waals surface area (Å²) in [5.74, 6) is 0.825. The Morgan fingerprint density at radius 1 is 0.429 bits per heavy atom. The summed E-state index contributed by atoms with van der Waals surface area (Å²) in [6, 6.07) is 41.2. The third-order valence-corrected chi connectivity index (χ3v) is 16.7. The number of nitrogens with zero attached hydrogens (tertiary/aromatic N) is 4. The Morgan fingerprint density at radius 2 is 0.875 bits per heavy atom. The Hall–Kier alpha value is -5.35. The van der Waals surface area contributed by atoms with Gasteiger partial charge in [-0.15, -0.1) is 0 Å². The smallest absolute Gasteiger partial charge is 0.223 e. The van der Waals surface area contributed by atoms with E-state index in [0.717, 1.165) is 0 Å². The molecule has 0 N–H and O–H groups in total. The molecule has 56 heavy (non-hydrogen) atoms. The maximum Gasteiger partial charge on any atom is 0.223 e. The molecule has 0 bridgehead atoms. The molecule has 6 aromatic carbocycles. The van der Waals surface area contributed by atoms with Crippen LogP contribution in [-0.2, 0) is 10.8 Å². The number of fused-ring (bicyclic) bond motifs is 11. The van der Waals surface area contributed by atoms with Crippen LogP contribution in [-0.4, -0.2) is 34.6 Å². The molecule has 4 nitrogen and oxygen atoms in total. The van der Waals surface area contributed by atoms with Gasteiger partial charge in [-0.3, -0.25) is 0 Å². The van der Waals surface area contributed by atoms with Crippen LogP contribution >= 0.6 is 0 Å². The summed E-state index contributed by atoms with van der Waals surface area (Å²) in [5.41, 5.74) is 23.9. The first kappa shape index (κ1) is 29.0. The highest BCUT2D eigenvalue weighted by atomic mass is 15.3. The van der Waals surface area contributed by atoms with Crippen LogP contribution in [0.1, 0.15) is 64.8 Å². The lowest BCUT2D eigenvalue weighted by Crippen LogP contribution is -2.76. The summed E-state index contributed by atoms with van der Waals surface area (Å²) in [6.45, 7) is 15.0. The van der Waals surface area contributed by atoms with E-state index < -0.39 is 0 Å². The van der Waals surface area contributed by atoms with Crippen molar-refractivity contribution in [3.63, 3.8) is 0 Å². The summed E-state index contributed by atoms with van der Waals surface area (Å²) in [7, 11) is 0. The highest BCUT2D eigenvalue weighted by Gasteiger charge is 2.70. The van der Waals surface area contributed by atoms with E-state index in [0.29, 0.717) is 42.5 Å². The molecule has 0 radical (unpaired) electrons. The van der Waals surface area contributed by atoms with Gasteiger partial charge in [-0.25, -0.2) is 0 Å². The van der Waals surface area contributed by atoms with Crippen LogP contribution in [0.3, 0.4) is 0 Å². The van der Waals surface area contributed by atoms with Crippen LogP contribution in [0.4, 0.5) is 22.7 Å². The van der Waals surface area contributed by atoms with Crippen molar-refractivity contribution in [2.45, 2.75) is 88.2 Å². The number of para-hydroxylation sites is 2. The molecule has 266 valence electrons. The molecule has 7 aliphatic heterocycles. The first-order valence-corrected chi connectivity index (χ1v) is 21.2. The molecule has 0 amide bonds. The van der Waals surface area contributed by atoms with Gasteiger partial charge in [-0.05, 0) is 79.9 Å². The molecule has 1 aliphatic carbocycles. The maximum atomic E-state index is 2.96. The summed E-state index contributed by atoms with van der Waals surface area (Å²) >= 11 is 0. The zero-order valence-corrected chi connectivity index (χ0v) is 32.6. The molecule has 6 heteroatoms. The molecule has 16 rings (SSSR count). The monoisotopic (exact) mass is 718 g/mol. The van der Waals surface area contributed by atoms with Crippen molar-refractivity contribution in [1.82, 2.24) is 9.13 Å². The van der Waals surface area contributed by atoms with E-state index >= 15 is 0 Å². The van der Waals surface area contributed by atoms with E-state index in [2.05, 4.69) is 158 Å². The van der Waals surface area contributed by atoms with Gasteiger partial charge in [-0.2, -0.15) is 0 Å². The second-order valence-corrected chi connectivity index (χ2v) is 20.8. The predicted molar refractivity (Wildman–Crippen MR) is 236 cm³/mol. The second-order valence-electron chi connectivity index (χ2n) is 20.8. The maximum absolute atomic E-state index is 2.96. The normalized spacial score (nSPS) is 25.5. The largest absolute Gasteiger partial charge is 0.335 e. The van der Waals surface area contributed by atoms with E-state index in [4.69, 9.17) is 0 Å². The molecule has 9 heterocycles. The number of hydrogen-bond donors (Lipinski definition) is 0. The van der Waals surface area contributed by atoms with Crippen molar-refractivity contribution in [1.29, 1.82) is 0 Å². The SMILES string of the molecule is CC(C)(C)c1ccc2c(c1)B1c3cc(C(C)(C)C)ccc3N3c4cccc5c6ccc7c8c6n(c45)[C@H]4C5B8c6c-7ccc7c8cccc9c8n(c67)C5C(C1C43)N29. The van der Waals surface area contributed by atoms with Gasteiger partial charge < -0.3 is 18.9 Å². The minimum absolute atomic E-state index is 0.0472. The first-order valence-electron chi connectivity index (χ1n) is 21.2.